The lowest BCUT2D eigenvalue weighted by atomic mass is 10.0. The number of pyridine rings is 1. The zero-order chi connectivity index (χ0) is 13.0. The second kappa shape index (κ2) is 3.58. The molecule has 4 rings (SSSR count). The smallest absolute Gasteiger partial charge is 0.0768 e. The normalized spacial score (nSPS) is 12.5. The van der Waals surface area contributed by atoms with E-state index in [-0.39, 0.29) is 0 Å². The summed E-state index contributed by atoms with van der Waals surface area (Å²) in [5.74, 6) is 0. The van der Waals surface area contributed by atoms with E-state index in [1.54, 1.807) is 0 Å². The minimum atomic E-state index is 0.889. The third-order valence-electron chi connectivity index (χ3n) is 3.93. The van der Waals surface area contributed by atoms with E-state index in [0.29, 0.717) is 0 Å². The fourth-order valence-electron chi connectivity index (χ4n) is 2.94. The van der Waals surface area contributed by atoms with Gasteiger partial charge in [0.2, 0.25) is 0 Å². The molecule has 2 aromatic carbocycles. The topological polar surface area (TPSA) is 38.9 Å². The first-order valence-corrected chi connectivity index (χ1v) is 6.51. The minimum absolute atomic E-state index is 0.889. The molecule has 0 fully saturated rings. The Morgan fingerprint density at radius 1 is 1.11 bits per heavy atom. The predicted molar refractivity (Wildman–Crippen MR) is 79.1 cm³/mol. The molecular formula is C17H14N2. The Morgan fingerprint density at radius 3 is 2.84 bits per heavy atom. The van der Waals surface area contributed by atoms with Crippen molar-refractivity contribution in [1.29, 1.82) is 0 Å². The Kier molecular flexibility index (Phi) is 1.99. The number of nitrogen functional groups attached to an aromatic ring is 1. The summed E-state index contributed by atoms with van der Waals surface area (Å²) in [4.78, 5) is 4.82. The Bertz CT molecular complexity index is 819. The van der Waals surface area contributed by atoms with Gasteiger partial charge in [0.15, 0.2) is 0 Å². The number of hydrogen-bond donors (Lipinski definition) is 1. The molecule has 2 N–H and O–H groups in total. The van der Waals surface area contributed by atoms with Gasteiger partial charge < -0.3 is 5.73 Å². The first-order valence-electron chi connectivity index (χ1n) is 6.51. The van der Waals surface area contributed by atoms with Crippen LogP contribution in [0.25, 0.3) is 22.2 Å². The SMILES string of the molecule is Cc1ccc2nc3c(c(N)c2c1)Cc1ccccc1-3. The number of nitrogens with two attached hydrogens (primary N) is 1. The van der Waals surface area contributed by atoms with E-state index < -0.39 is 0 Å². The van der Waals surface area contributed by atoms with E-state index in [1.165, 1.54) is 22.3 Å². The fraction of sp³-hybridized carbons (Fsp3) is 0.118. The number of benzene rings is 2. The van der Waals surface area contributed by atoms with Gasteiger partial charge in [0, 0.05) is 28.6 Å². The summed E-state index contributed by atoms with van der Waals surface area (Å²) in [7, 11) is 0. The molecule has 0 saturated heterocycles. The van der Waals surface area contributed by atoms with E-state index in [4.69, 9.17) is 10.7 Å². The molecule has 0 saturated carbocycles. The Hall–Kier alpha value is -2.35. The molecule has 0 bridgehead atoms. The molecule has 0 amide bonds. The third-order valence-corrected chi connectivity index (χ3v) is 3.93. The molecule has 2 heteroatoms. The highest BCUT2D eigenvalue weighted by Crippen LogP contribution is 2.40. The van der Waals surface area contributed by atoms with Crippen molar-refractivity contribution < 1.29 is 0 Å². The summed E-state index contributed by atoms with van der Waals surface area (Å²) in [6, 6.07) is 14.7. The van der Waals surface area contributed by atoms with E-state index in [2.05, 4.69) is 49.4 Å². The number of rotatable bonds is 0. The highest BCUT2D eigenvalue weighted by molar-refractivity contribution is 5.97. The molecule has 0 atom stereocenters. The molecule has 1 aliphatic rings. The molecule has 19 heavy (non-hydrogen) atoms. The first-order chi connectivity index (χ1) is 9.24. The molecule has 1 aliphatic carbocycles. The number of aryl methyl sites for hydroxylation is 1. The van der Waals surface area contributed by atoms with Crippen LogP contribution in [0.5, 0.6) is 0 Å². The van der Waals surface area contributed by atoms with Crippen LogP contribution in [-0.4, -0.2) is 4.98 Å². The third kappa shape index (κ3) is 1.40. The zero-order valence-electron chi connectivity index (χ0n) is 10.8. The predicted octanol–water partition coefficient (Wildman–Crippen LogP) is 3.70. The highest BCUT2D eigenvalue weighted by Gasteiger charge is 2.23. The van der Waals surface area contributed by atoms with Gasteiger partial charge in [0.05, 0.1) is 11.2 Å². The van der Waals surface area contributed by atoms with E-state index >= 15 is 0 Å². The van der Waals surface area contributed by atoms with Crippen molar-refractivity contribution in [2.75, 3.05) is 5.73 Å². The van der Waals surface area contributed by atoms with Crippen molar-refractivity contribution in [2.45, 2.75) is 13.3 Å². The number of fused-ring (bicyclic) bond motifs is 4. The molecular weight excluding hydrogens is 232 g/mol. The van der Waals surface area contributed by atoms with Gasteiger partial charge in [-0.2, -0.15) is 0 Å². The largest absolute Gasteiger partial charge is 0.398 e. The average Bonchev–Trinajstić information content (AvgIpc) is 2.79. The lowest BCUT2D eigenvalue weighted by Gasteiger charge is -2.09. The van der Waals surface area contributed by atoms with Crippen molar-refractivity contribution in [3.8, 4) is 11.3 Å². The van der Waals surface area contributed by atoms with Crippen molar-refractivity contribution in [3.63, 3.8) is 0 Å². The van der Waals surface area contributed by atoms with Crippen LogP contribution in [0.4, 0.5) is 5.69 Å². The first kappa shape index (κ1) is 10.6. The van der Waals surface area contributed by atoms with Crippen LogP contribution >= 0.6 is 0 Å². The van der Waals surface area contributed by atoms with Gasteiger partial charge in [0.1, 0.15) is 0 Å². The molecule has 1 aromatic heterocycles. The van der Waals surface area contributed by atoms with Gasteiger partial charge in [-0.1, -0.05) is 35.9 Å². The summed E-state index contributed by atoms with van der Waals surface area (Å²) in [6.07, 6.45) is 0.897. The van der Waals surface area contributed by atoms with Crippen molar-refractivity contribution in [3.05, 3.63) is 59.2 Å². The standard InChI is InChI=1S/C17H14N2/c1-10-6-7-15-13(8-10)16(18)14-9-11-4-2-3-5-12(11)17(14)19-15/h2-8H,9H2,1H3,(H2,18,19). The summed E-state index contributed by atoms with van der Waals surface area (Å²) in [5, 5.41) is 1.08. The molecule has 2 nitrogen and oxygen atoms in total. The van der Waals surface area contributed by atoms with Gasteiger partial charge in [-0.3, -0.25) is 0 Å². The lowest BCUT2D eigenvalue weighted by molar-refractivity contribution is 1.25. The van der Waals surface area contributed by atoms with Crippen LogP contribution in [0, 0.1) is 6.92 Å². The molecule has 0 aliphatic heterocycles. The summed E-state index contributed by atoms with van der Waals surface area (Å²) >= 11 is 0. The summed E-state index contributed by atoms with van der Waals surface area (Å²) in [5.41, 5.74) is 14.3. The second-order valence-corrected chi connectivity index (χ2v) is 5.21. The number of hydrogen-bond acceptors (Lipinski definition) is 2. The van der Waals surface area contributed by atoms with Crippen LogP contribution in [-0.2, 0) is 6.42 Å². The summed E-state index contributed by atoms with van der Waals surface area (Å²) < 4.78 is 0. The quantitative estimate of drug-likeness (QED) is 0.514. The van der Waals surface area contributed by atoms with E-state index in [1.807, 2.05) is 0 Å². The zero-order valence-corrected chi connectivity index (χ0v) is 10.8. The molecule has 3 aromatic rings. The van der Waals surface area contributed by atoms with Crippen LogP contribution < -0.4 is 5.73 Å². The second-order valence-electron chi connectivity index (χ2n) is 5.21. The highest BCUT2D eigenvalue weighted by atomic mass is 14.7. The maximum Gasteiger partial charge on any atom is 0.0768 e. The van der Waals surface area contributed by atoms with Crippen LogP contribution in [0.2, 0.25) is 0 Å². The Labute approximate surface area is 111 Å². The average molecular weight is 246 g/mol. The van der Waals surface area contributed by atoms with Gasteiger partial charge in [-0.05, 0) is 24.6 Å². The van der Waals surface area contributed by atoms with Crippen LogP contribution in [0.3, 0.4) is 0 Å². The number of anilines is 1. The van der Waals surface area contributed by atoms with Crippen molar-refractivity contribution in [2.24, 2.45) is 0 Å². The van der Waals surface area contributed by atoms with Crippen molar-refractivity contribution in [1.82, 2.24) is 4.98 Å². The van der Waals surface area contributed by atoms with Crippen LogP contribution in [0.15, 0.2) is 42.5 Å². The molecule has 92 valence electrons. The van der Waals surface area contributed by atoms with Gasteiger partial charge in [-0.25, -0.2) is 4.98 Å². The van der Waals surface area contributed by atoms with Gasteiger partial charge >= 0.3 is 0 Å². The van der Waals surface area contributed by atoms with E-state index in [0.717, 1.165) is 28.7 Å². The monoisotopic (exact) mass is 246 g/mol. The molecule has 0 radical (unpaired) electrons. The maximum atomic E-state index is 6.38. The van der Waals surface area contributed by atoms with Gasteiger partial charge in [0.25, 0.3) is 0 Å². The Morgan fingerprint density at radius 2 is 1.95 bits per heavy atom. The Balaban J connectivity index is 2.10. The molecule has 0 unspecified atom stereocenters. The minimum Gasteiger partial charge on any atom is -0.398 e. The van der Waals surface area contributed by atoms with Gasteiger partial charge in [-0.15, -0.1) is 0 Å². The summed E-state index contributed by atoms with van der Waals surface area (Å²) in [6.45, 7) is 2.08. The van der Waals surface area contributed by atoms with E-state index in [9.17, 15) is 0 Å². The fourth-order valence-corrected chi connectivity index (χ4v) is 2.94. The maximum absolute atomic E-state index is 6.38. The number of aromatic nitrogens is 1. The number of nitrogens with zero attached hydrogens (tertiary/aromatic N) is 1. The molecule has 0 spiro atoms. The van der Waals surface area contributed by atoms with Crippen LogP contribution in [0.1, 0.15) is 16.7 Å². The lowest BCUT2D eigenvalue weighted by Crippen LogP contribution is -1.97. The van der Waals surface area contributed by atoms with Crippen molar-refractivity contribution >= 4 is 16.6 Å². The molecule has 1 heterocycles.